The van der Waals surface area contributed by atoms with Crippen molar-refractivity contribution in [3.8, 4) is 0 Å². The van der Waals surface area contributed by atoms with E-state index in [4.69, 9.17) is 0 Å². The molecule has 74 valence electrons. The molecule has 0 aromatic carbocycles. The lowest BCUT2D eigenvalue weighted by atomic mass is 10.0. The van der Waals surface area contributed by atoms with Crippen molar-refractivity contribution in [2.75, 3.05) is 0 Å². The van der Waals surface area contributed by atoms with Crippen LogP contribution in [0.15, 0.2) is 12.3 Å². The van der Waals surface area contributed by atoms with Crippen LogP contribution in [0.4, 0.5) is 0 Å². The number of aryl methyl sites for hydroxylation is 2. The van der Waals surface area contributed by atoms with Gasteiger partial charge in [0.25, 0.3) is 0 Å². The van der Waals surface area contributed by atoms with E-state index in [0.29, 0.717) is 5.92 Å². The lowest BCUT2D eigenvalue weighted by Crippen LogP contribution is -2.02. The average molecular weight is 189 g/mol. The van der Waals surface area contributed by atoms with E-state index >= 15 is 0 Å². The number of nitrogens with zero attached hydrogens (tertiary/aromatic N) is 3. The summed E-state index contributed by atoms with van der Waals surface area (Å²) in [5.74, 6) is 0.497. The summed E-state index contributed by atoms with van der Waals surface area (Å²) in [5.41, 5.74) is 4.41. The van der Waals surface area contributed by atoms with E-state index in [2.05, 4.69) is 30.9 Å². The molecule has 0 N–H and O–H groups in total. The van der Waals surface area contributed by atoms with Gasteiger partial charge in [0.15, 0.2) is 5.65 Å². The Morgan fingerprint density at radius 2 is 2.00 bits per heavy atom. The van der Waals surface area contributed by atoms with Crippen LogP contribution >= 0.6 is 0 Å². The van der Waals surface area contributed by atoms with Gasteiger partial charge < -0.3 is 0 Å². The van der Waals surface area contributed by atoms with Gasteiger partial charge in [-0.2, -0.15) is 5.10 Å². The summed E-state index contributed by atoms with van der Waals surface area (Å²) in [7, 11) is 0. The summed E-state index contributed by atoms with van der Waals surface area (Å²) in [5, 5.41) is 4.41. The standard InChI is InChI=1S/C11H15N3/c1-7(2)10-6-12-11-5-8(3)13-14(11)9(10)4/h5-7H,1-4H3. The van der Waals surface area contributed by atoms with Gasteiger partial charge in [-0.1, -0.05) is 13.8 Å². The van der Waals surface area contributed by atoms with Crippen LogP contribution in [0.25, 0.3) is 5.65 Å². The zero-order chi connectivity index (χ0) is 10.3. The first-order chi connectivity index (χ1) is 6.59. The summed E-state index contributed by atoms with van der Waals surface area (Å²) >= 11 is 0. The molecule has 0 atom stereocenters. The fourth-order valence-electron chi connectivity index (χ4n) is 1.74. The van der Waals surface area contributed by atoms with Crippen LogP contribution in [0.5, 0.6) is 0 Å². The van der Waals surface area contributed by atoms with Gasteiger partial charge in [0.2, 0.25) is 0 Å². The number of hydrogen-bond acceptors (Lipinski definition) is 2. The highest BCUT2D eigenvalue weighted by Crippen LogP contribution is 2.18. The quantitative estimate of drug-likeness (QED) is 0.689. The molecule has 14 heavy (non-hydrogen) atoms. The molecule has 0 fully saturated rings. The minimum absolute atomic E-state index is 0.497. The summed E-state index contributed by atoms with van der Waals surface area (Å²) in [6.07, 6.45) is 1.95. The van der Waals surface area contributed by atoms with Crippen molar-refractivity contribution in [2.45, 2.75) is 33.6 Å². The second kappa shape index (κ2) is 3.08. The molecular formula is C11H15N3. The van der Waals surface area contributed by atoms with Gasteiger partial charge in [0.05, 0.1) is 5.69 Å². The van der Waals surface area contributed by atoms with Crippen LogP contribution < -0.4 is 0 Å². The van der Waals surface area contributed by atoms with Gasteiger partial charge in [-0.05, 0) is 25.3 Å². The maximum Gasteiger partial charge on any atom is 0.155 e. The molecule has 2 rings (SSSR count). The smallest absolute Gasteiger partial charge is 0.155 e. The molecule has 0 bridgehead atoms. The summed E-state index contributed by atoms with van der Waals surface area (Å²) in [6.45, 7) is 8.43. The van der Waals surface area contributed by atoms with E-state index in [1.165, 1.54) is 11.3 Å². The van der Waals surface area contributed by atoms with Crippen molar-refractivity contribution in [1.82, 2.24) is 14.6 Å². The lowest BCUT2D eigenvalue weighted by Gasteiger charge is -2.09. The molecular weight excluding hydrogens is 174 g/mol. The molecule has 0 saturated carbocycles. The van der Waals surface area contributed by atoms with Gasteiger partial charge in [-0.3, -0.25) is 0 Å². The number of hydrogen-bond donors (Lipinski definition) is 0. The number of rotatable bonds is 1. The molecule has 3 heteroatoms. The summed E-state index contributed by atoms with van der Waals surface area (Å²) < 4.78 is 1.92. The van der Waals surface area contributed by atoms with Gasteiger partial charge in [0.1, 0.15) is 0 Å². The Morgan fingerprint density at radius 3 is 2.64 bits per heavy atom. The fourth-order valence-corrected chi connectivity index (χ4v) is 1.74. The van der Waals surface area contributed by atoms with Crippen LogP contribution in [0, 0.1) is 13.8 Å². The van der Waals surface area contributed by atoms with Gasteiger partial charge >= 0.3 is 0 Å². The SMILES string of the molecule is Cc1cc2ncc(C(C)C)c(C)n2n1. The summed E-state index contributed by atoms with van der Waals surface area (Å²) in [4.78, 5) is 4.38. The molecule has 2 aromatic rings. The first-order valence-electron chi connectivity index (χ1n) is 4.91. The lowest BCUT2D eigenvalue weighted by molar-refractivity contribution is 0.788. The second-order valence-corrected chi connectivity index (χ2v) is 4.01. The van der Waals surface area contributed by atoms with Gasteiger partial charge in [-0.25, -0.2) is 9.50 Å². The topological polar surface area (TPSA) is 30.2 Å². The molecule has 2 heterocycles. The minimum atomic E-state index is 0.497. The minimum Gasteiger partial charge on any atom is -0.237 e. The zero-order valence-corrected chi connectivity index (χ0v) is 9.07. The maximum absolute atomic E-state index is 4.41. The molecule has 0 aliphatic heterocycles. The Bertz CT molecular complexity index is 469. The molecule has 0 spiro atoms. The van der Waals surface area contributed by atoms with Gasteiger partial charge in [-0.15, -0.1) is 0 Å². The van der Waals surface area contributed by atoms with Crippen molar-refractivity contribution >= 4 is 5.65 Å². The third-order valence-electron chi connectivity index (χ3n) is 2.51. The Labute approximate surface area is 83.8 Å². The fraction of sp³-hybridized carbons (Fsp3) is 0.455. The Hall–Kier alpha value is -1.38. The third kappa shape index (κ3) is 1.29. The van der Waals surface area contributed by atoms with E-state index in [-0.39, 0.29) is 0 Å². The molecule has 0 saturated heterocycles. The van der Waals surface area contributed by atoms with Crippen LogP contribution in [0.1, 0.15) is 36.7 Å². The first kappa shape index (κ1) is 9.19. The van der Waals surface area contributed by atoms with Crippen molar-refractivity contribution < 1.29 is 0 Å². The van der Waals surface area contributed by atoms with Crippen LogP contribution in [-0.2, 0) is 0 Å². The molecule has 0 amide bonds. The summed E-state index contributed by atoms with van der Waals surface area (Å²) in [6, 6.07) is 2.00. The Kier molecular flexibility index (Phi) is 2.02. The zero-order valence-electron chi connectivity index (χ0n) is 9.07. The van der Waals surface area contributed by atoms with Crippen molar-refractivity contribution in [3.05, 3.63) is 29.2 Å². The normalized spacial score (nSPS) is 11.5. The van der Waals surface area contributed by atoms with Crippen LogP contribution in [-0.4, -0.2) is 14.6 Å². The highest BCUT2D eigenvalue weighted by Gasteiger charge is 2.08. The Balaban J connectivity index is 2.74. The average Bonchev–Trinajstić information content (AvgIpc) is 2.46. The molecule has 0 aliphatic rings. The highest BCUT2D eigenvalue weighted by molar-refractivity contribution is 5.42. The van der Waals surface area contributed by atoms with E-state index in [1.54, 1.807) is 0 Å². The molecule has 3 nitrogen and oxygen atoms in total. The Morgan fingerprint density at radius 1 is 1.29 bits per heavy atom. The van der Waals surface area contributed by atoms with E-state index in [1.807, 2.05) is 23.7 Å². The van der Waals surface area contributed by atoms with Crippen molar-refractivity contribution in [3.63, 3.8) is 0 Å². The molecule has 0 aliphatic carbocycles. The van der Waals surface area contributed by atoms with Gasteiger partial charge in [0, 0.05) is 18.0 Å². The molecule has 0 radical (unpaired) electrons. The number of aromatic nitrogens is 3. The first-order valence-corrected chi connectivity index (χ1v) is 4.91. The van der Waals surface area contributed by atoms with Crippen molar-refractivity contribution in [2.24, 2.45) is 0 Å². The predicted octanol–water partition coefficient (Wildman–Crippen LogP) is 2.47. The highest BCUT2D eigenvalue weighted by atomic mass is 15.3. The van der Waals surface area contributed by atoms with Crippen LogP contribution in [0.2, 0.25) is 0 Å². The maximum atomic E-state index is 4.41. The third-order valence-corrected chi connectivity index (χ3v) is 2.51. The van der Waals surface area contributed by atoms with Crippen molar-refractivity contribution in [1.29, 1.82) is 0 Å². The van der Waals surface area contributed by atoms with E-state index in [0.717, 1.165) is 11.3 Å². The predicted molar refractivity (Wildman–Crippen MR) is 56.6 cm³/mol. The van der Waals surface area contributed by atoms with E-state index in [9.17, 15) is 0 Å². The largest absolute Gasteiger partial charge is 0.237 e. The van der Waals surface area contributed by atoms with Crippen LogP contribution in [0.3, 0.4) is 0 Å². The monoisotopic (exact) mass is 189 g/mol. The second-order valence-electron chi connectivity index (χ2n) is 4.01. The van der Waals surface area contributed by atoms with E-state index < -0.39 is 0 Å². The number of fused-ring (bicyclic) bond motifs is 1. The molecule has 0 unspecified atom stereocenters. The molecule has 2 aromatic heterocycles.